The van der Waals surface area contributed by atoms with Crippen molar-refractivity contribution in [2.24, 2.45) is 5.73 Å². The highest BCUT2D eigenvalue weighted by molar-refractivity contribution is 5.58. The second-order valence-corrected chi connectivity index (χ2v) is 4.20. The lowest BCUT2D eigenvalue weighted by Gasteiger charge is -2.04. The van der Waals surface area contributed by atoms with Crippen LogP contribution < -0.4 is 5.73 Å². The highest BCUT2D eigenvalue weighted by Crippen LogP contribution is 2.31. The number of rotatable bonds is 1. The number of aromatic nitrogens is 2. The van der Waals surface area contributed by atoms with E-state index in [1.54, 1.807) is 6.92 Å². The van der Waals surface area contributed by atoms with Crippen molar-refractivity contribution < 1.29 is 4.52 Å². The standard InChI is InChI=1S/C12H13N3O/c1-7-14-12(15-16-7)9-2-4-10-8(6-9)3-5-11(10)13/h2,4,6,11H,3,5,13H2,1H3. The molecule has 1 atom stereocenters. The van der Waals surface area contributed by atoms with Gasteiger partial charge >= 0.3 is 0 Å². The molecule has 0 radical (unpaired) electrons. The second-order valence-electron chi connectivity index (χ2n) is 4.20. The summed E-state index contributed by atoms with van der Waals surface area (Å²) in [4.78, 5) is 4.22. The first kappa shape index (κ1) is 9.54. The number of nitrogens with two attached hydrogens (primary N) is 1. The van der Waals surface area contributed by atoms with Crippen LogP contribution in [0.15, 0.2) is 22.7 Å². The van der Waals surface area contributed by atoms with E-state index < -0.39 is 0 Å². The average Bonchev–Trinajstić information content (AvgIpc) is 2.86. The first-order valence-corrected chi connectivity index (χ1v) is 5.43. The van der Waals surface area contributed by atoms with Gasteiger partial charge in [0.2, 0.25) is 11.7 Å². The van der Waals surface area contributed by atoms with Crippen molar-refractivity contribution in [3.63, 3.8) is 0 Å². The summed E-state index contributed by atoms with van der Waals surface area (Å²) >= 11 is 0. The number of aryl methyl sites for hydroxylation is 2. The Hall–Kier alpha value is -1.68. The fourth-order valence-corrected chi connectivity index (χ4v) is 2.21. The molecule has 1 aliphatic rings. The molecule has 1 heterocycles. The summed E-state index contributed by atoms with van der Waals surface area (Å²) in [7, 11) is 0. The van der Waals surface area contributed by atoms with Crippen LogP contribution in [0.2, 0.25) is 0 Å². The Morgan fingerprint density at radius 1 is 1.44 bits per heavy atom. The van der Waals surface area contributed by atoms with E-state index in [1.165, 1.54) is 11.1 Å². The summed E-state index contributed by atoms with van der Waals surface area (Å²) in [6, 6.07) is 6.39. The summed E-state index contributed by atoms with van der Waals surface area (Å²) in [5.41, 5.74) is 9.56. The molecule has 0 fully saturated rings. The van der Waals surface area contributed by atoms with Crippen LogP contribution >= 0.6 is 0 Å². The van der Waals surface area contributed by atoms with E-state index in [0.717, 1.165) is 18.4 Å². The van der Waals surface area contributed by atoms with Crippen LogP contribution in [0.5, 0.6) is 0 Å². The lowest BCUT2D eigenvalue weighted by atomic mass is 10.0. The SMILES string of the molecule is Cc1nc(-c2ccc3c(c2)CCC3N)no1. The lowest BCUT2D eigenvalue weighted by molar-refractivity contribution is 0.394. The molecule has 0 saturated carbocycles. The maximum atomic E-state index is 5.99. The molecule has 0 saturated heterocycles. The Balaban J connectivity index is 2.05. The minimum atomic E-state index is 0.191. The van der Waals surface area contributed by atoms with Gasteiger partial charge in [0, 0.05) is 18.5 Å². The molecule has 2 N–H and O–H groups in total. The molecule has 4 heteroatoms. The van der Waals surface area contributed by atoms with Crippen LogP contribution in [-0.2, 0) is 6.42 Å². The van der Waals surface area contributed by atoms with Crippen molar-refractivity contribution in [1.29, 1.82) is 0 Å². The zero-order valence-corrected chi connectivity index (χ0v) is 9.10. The molecule has 82 valence electrons. The zero-order chi connectivity index (χ0) is 11.1. The van der Waals surface area contributed by atoms with Crippen molar-refractivity contribution in [1.82, 2.24) is 10.1 Å². The molecule has 3 rings (SSSR count). The Labute approximate surface area is 93.5 Å². The monoisotopic (exact) mass is 215 g/mol. The molecule has 1 aliphatic carbocycles. The van der Waals surface area contributed by atoms with Gasteiger partial charge in [-0.15, -0.1) is 0 Å². The minimum absolute atomic E-state index is 0.191. The van der Waals surface area contributed by atoms with E-state index in [1.807, 2.05) is 6.07 Å². The van der Waals surface area contributed by atoms with Gasteiger partial charge in [0.25, 0.3) is 0 Å². The minimum Gasteiger partial charge on any atom is -0.339 e. The number of hydrogen-bond acceptors (Lipinski definition) is 4. The normalized spacial score (nSPS) is 18.8. The van der Waals surface area contributed by atoms with Gasteiger partial charge < -0.3 is 10.3 Å². The first-order valence-electron chi connectivity index (χ1n) is 5.43. The third kappa shape index (κ3) is 1.42. The van der Waals surface area contributed by atoms with Gasteiger partial charge in [0.1, 0.15) is 0 Å². The maximum absolute atomic E-state index is 5.99. The Morgan fingerprint density at radius 3 is 3.06 bits per heavy atom. The molecular formula is C12H13N3O. The number of fused-ring (bicyclic) bond motifs is 1. The largest absolute Gasteiger partial charge is 0.339 e. The molecular weight excluding hydrogens is 202 g/mol. The van der Waals surface area contributed by atoms with E-state index >= 15 is 0 Å². The fraction of sp³-hybridized carbons (Fsp3) is 0.333. The summed E-state index contributed by atoms with van der Waals surface area (Å²) in [6.45, 7) is 1.79. The molecule has 0 spiro atoms. The summed E-state index contributed by atoms with van der Waals surface area (Å²) in [5, 5.41) is 3.91. The van der Waals surface area contributed by atoms with E-state index in [2.05, 4.69) is 22.3 Å². The average molecular weight is 215 g/mol. The molecule has 1 aromatic carbocycles. The molecule has 0 bridgehead atoms. The molecule has 4 nitrogen and oxygen atoms in total. The smallest absolute Gasteiger partial charge is 0.223 e. The van der Waals surface area contributed by atoms with Gasteiger partial charge in [-0.05, 0) is 30.0 Å². The van der Waals surface area contributed by atoms with Crippen molar-refractivity contribution in [2.45, 2.75) is 25.8 Å². The van der Waals surface area contributed by atoms with Crippen molar-refractivity contribution in [3.8, 4) is 11.4 Å². The molecule has 1 aromatic heterocycles. The number of hydrogen-bond donors (Lipinski definition) is 1. The zero-order valence-electron chi connectivity index (χ0n) is 9.10. The predicted molar refractivity (Wildman–Crippen MR) is 59.7 cm³/mol. The van der Waals surface area contributed by atoms with Crippen LogP contribution in [0, 0.1) is 6.92 Å². The summed E-state index contributed by atoms with van der Waals surface area (Å²) in [6.07, 6.45) is 2.07. The third-order valence-corrected chi connectivity index (χ3v) is 3.05. The van der Waals surface area contributed by atoms with Crippen molar-refractivity contribution in [2.75, 3.05) is 0 Å². The molecule has 2 aromatic rings. The first-order chi connectivity index (χ1) is 7.74. The van der Waals surface area contributed by atoms with Gasteiger partial charge in [-0.3, -0.25) is 0 Å². The van der Waals surface area contributed by atoms with Crippen LogP contribution in [-0.4, -0.2) is 10.1 Å². The van der Waals surface area contributed by atoms with E-state index in [-0.39, 0.29) is 6.04 Å². The fourth-order valence-electron chi connectivity index (χ4n) is 2.21. The summed E-state index contributed by atoms with van der Waals surface area (Å²) < 4.78 is 4.97. The number of benzene rings is 1. The summed E-state index contributed by atoms with van der Waals surface area (Å²) in [5.74, 6) is 1.24. The maximum Gasteiger partial charge on any atom is 0.223 e. The highest BCUT2D eigenvalue weighted by Gasteiger charge is 2.19. The van der Waals surface area contributed by atoms with Gasteiger partial charge in [-0.1, -0.05) is 17.3 Å². The highest BCUT2D eigenvalue weighted by atomic mass is 16.5. The van der Waals surface area contributed by atoms with E-state index in [0.29, 0.717) is 11.7 Å². The van der Waals surface area contributed by atoms with Crippen molar-refractivity contribution >= 4 is 0 Å². The topological polar surface area (TPSA) is 64.9 Å². The second kappa shape index (κ2) is 3.42. The molecule has 0 amide bonds. The Bertz CT molecular complexity index is 533. The van der Waals surface area contributed by atoms with Gasteiger partial charge in [0.15, 0.2) is 0 Å². The van der Waals surface area contributed by atoms with E-state index in [9.17, 15) is 0 Å². The van der Waals surface area contributed by atoms with Crippen LogP contribution in [0.25, 0.3) is 11.4 Å². The number of nitrogens with zero attached hydrogens (tertiary/aromatic N) is 2. The van der Waals surface area contributed by atoms with Gasteiger partial charge in [-0.2, -0.15) is 4.98 Å². The third-order valence-electron chi connectivity index (χ3n) is 3.05. The molecule has 1 unspecified atom stereocenters. The van der Waals surface area contributed by atoms with Gasteiger partial charge in [-0.25, -0.2) is 0 Å². The van der Waals surface area contributed by atoms with Crippen LogP contribution in [0.1, 0.15) is 29.5 Å². The van der Waals surface area contributed by atoms with Gasteiger partial charge in [0.05, 0.1) is 0 Å². The van der Waals surface area contributed by atoms with E-state index in [4.69, 9.17) is 10.3 Å². The molecule has 16 heavy (non-hydrogen) atoms. The van der Waals surface area contributed by atoms with Crippen LogP contribution in [0.3, 0.4) is 0 Å². The predicted octanol–water partition coefficient (Wildman–Crippen LogP) is 1.99. The Morgan fingerprint density at radius 2 is 2.31 bits per heavy atom. The van der Waals surface area contributed by atoms with Crippen molar-refractivity contribution in [3.05, 3.63) is 35.2 Å². The molecule has 0 aliphatic heterocycles. The van der Waals surface area contributed by atoms with Crippen LogP contribution in [0.4, 0.5) is 0 Å². The quantitative estimate of drug-likeness (QED) is 0.790. The Kier molecular flexibility index (Phi) is 2.04. The lowest BCUT2D eigenvalue weighted by Crippen LogP contribution is -2.04.